The van der Waals surface area contributed by atoms with Gasteiger partial charge in [-0.1, -0.05) is 26.0 Å². The SMILES string of the molecule is CCc1ccc(F)c(-c2cccc(C(=O)Nc3cnccc3[C@H]3CC[C@@H](O)[C@@H](C)C3)n2)c1F. The highest BCUT2D eigenvalue weighted by atomic mass is 19.1. The van der Waals surface area contributed by atoms with Crippen molar-refractivity contribution in [2.75, 3.05) is 5.32 Å². The molecule has 172 valence electrons. The maximum absolute atomic E-state index is 14.8. The van der Waals surface area contributed by atoms with Crippen LogP contribution in [0, 0.1) is 17.6 Å². The number of carbonyl (C=O) groups is 1. The second-order valence-corrected chi connectivity index (χ2v) is 8.63. The van der Waals surface area contributed by atoms with Gasteiger partial charge < -0.3 is 10.4 Å². The Morgan fingerprint density at radius 2 is 2.00 bits per heavy atom. The molecule has 0 spiro atoms. The van der Waals surface area contributed by atoms with Crippen molar-refractivity contribution in [3.63, 3.8) is 0 Å². The number of carbonyl (C=O) groups excluding carboxylic acids is 1. The van der Waals surface area contributed by atoms with Crippen LogP contribution in [-0.4, -0.2) is 27.1 Å². The van der Waals surface area contributed by atoms with Gasteiger partial charge in [0, 0.05) is 6.20 Å². The van der Waals surface area contributed by atoms with Crippen molar-refractivity contribution in [1.82, 2.24) is 9.97 Å². The molecule has 1 fully saturated rings. The van der Waals surface area contributed by atoms with Crippen LogP contribution < -0.4 is 5.32 Å². The molecule has 0 saturated heterocycles. The van der Waals surface area contributed by atoms with E-state index < -0.39 is 17.5 Å². The summed E-state index contributed by atoms with van der Waals surface area (Å²) in [5.41, 5.74) is 1.80. The Morgan fingerprint density at radius 3 is 2.76 bits per heavy atom. The molecule has 0 bridgehead atoms. The number of nitrogens with zero attached hydrogens (tertiary/aromatic N) is 2. The molecule has 1 aliphatic rings. The van der Waals surface area contributed by atoms with E-state index in [1.54, 1.807) is 25.4 Å². The summed E-state index contributed by atoms with van der Waals surface area (Å²) in [6.07, 6.45) is 5.73. The summed E-state index contributed by atoms with van der Waals surface area (Å²) in [7, 11) is 0. The molecule has 0 unspecified atom stereocenters. The van der Waals surface area contributed by atoms with E-state index in [2.05, 4.69) is 15.3 Å². The van der Waals surface area contributed by atoms with Crippen LogP contribution in [-0.2, 0) is 6.42 Å². The molecular weight excluding hydrogens is 424 g/mol. The number of benzene rings is 1. The van der Waals surface area contributed by atoms with E-state index in [1.807, 2.05) is 13.0 Å². The zero-order chi connectivity index (χ0) is 23.5. The number of anilines is 1. The molecule has 1 saturated carbocycles. The number of pyridine rings is 2. The third-order valence-electron chi connectivity index (χ3n) is 6.46. The van der Waals surface area contributed by atoms with E-state index in [9.17, 15) is 18.7 Å². The molecule has 7 heteroatoms. The molecule has 1 aliphatic carbocycles. The number of hydrogen-bond donors (Lipinski definition) is 2. The minimum absolute atomic E-state index is 0.0513. The Balaban J connectivity index is 1.61. The molecule has 3 aromatic rings. The van der Waals surface area contributed by atoms with Gasteiger partial charge in [-0.05, 0) is 72.9 Å². The van der Waals surface area contributed by atoms with E-state index in [0.717, 1.165) is 18.4 Å². The van der Waals surface area contributed by atoms with Crippen molar-refractivity contribution in [3.8, 4) is 11.3 Å². The first-order valence-electron chi connectivity index (χ1n) is 11.3. The van der Waals surface area contributed by atoms with Gasteiger partial charge in [0.2, 0.25) is 0 Å². The zero-order valence-electron chi connectivity index (χ0n) is 18.7. The third kappa shape index (κ3) is 4.78. The fourth-order valence-electron chi connectivity index (χ4n) is 4.52. The first kappa shape index (κ1) is 23.0. The molecule has 33 heavy (non-hydrogen) atoms. The van der Waals surface area contributed by atoms with Crippen LogP contribution in [0.15, 0.2) is 48.8 Å². The lowest BCUT2D eigenvalue weighted by molar-refractivity contribution is 0.0712. The van der Waals surface area contributed by atoms with Gasteiger partial charge in [0.15, 0.2) is 0 Å². The fraction of sp³-hybridized carbons (Fsp3) is 0.346. The number of amides is 1. The Kier molecular flexibility index (Phi) is 6.79. The van der Waals surface area contributed by atoms with Crippen molar-refractivity contribution in [2.45, 2.75) is 51.6 Å². The lowest BCUT2D eigenvalue weighted by atomic mass is 9.77. The van der Waals surface area contributed by atoms with Gasteiger partial charge in [0.05, 0.1) is 29.2 Å². The average molecular weight is 452 g/mol. The number of aliphatic hydroxyl groups excluding tert-OH is 1. The highest BCUT2D eigenvalue weighted by Gasteiger charge is 2.28. The molecular formula is C26H27F2N3O2. The van der Waals surface area contributed by atoms with Gasteiger partial charge in [0.25, 0.3) is 5.91 Å². The summed E-state index contributed by atoms with van der Waals surface area (Å²) < 4.78 is 29.3. The van der Waals surface area contributed by atoms with Crippen LogP contribution in [0.1, 0.15) is 60.6 Å². The second kappa shape index (κ2) is 9.75. The number of halogens is 2. The molecule has 2 N–H and O–H groups in total. The Morgan fingerprint density at radius 1 is 1.18 bits per heavy atom. The largest absolute Gasteiger partial charge is 0.393 e. The lowest BCUT2D eigenvalue weighted by Crippen LogP contribution is -2.26. The van der Waals surface area contributed by atoms with Gasteiger partial charge in [-0.15, -0.1) is 0 Å². The molecule has 0 aliphatic heterocycles. The van der Waals surface area contributed by atoms with Crippen molar-refractivity contribution in [2.24, 2.45) is 5.92 Å². The van der Waals surface area contributed by atoms with Gasteiger partial charge in [-0.2, -0.15) is 0 Å². The maximum Gasteiger partial charge on any atom is 0.274 e. The van der Waals surface area contributed by atoms with Crippen LogP contribution in [0.3, 0.4) is 0 Å². The number of hydrogen-bond acceptors (Lipinski definition) is 4. The standard InChI is InChI=1S/C26H27F2N3O2/c1-3-16-7-9-19(27)24(25(16)28)20-5-4-6-21(30-20)26(33)31-22-14-29-12-11-18(22)17-8-10-23(32)15(2)13-17/h4-7,9,11-12,14-15,17,23,32H,3,8,10,13H2,1-2H3,(H,31,33)/t15-,17-,23+/m0/s1. The summed E-state index contributed by atoms with van der Waals surface area (Å²) in [4.78, 5) is 21.4. The minimum atomic E-state index is -0.724. The van der Waals surface area contributed by atoms with Crippen molar-refractivity contribution < 1.29 is 18.7 Å². The minimum Gasteiger partial charge on any atom is -0.393 e. The highest BCUT2D eigenvalue weighted by Crippen LogP contribution is 2.39. The highest BCUT2D eigenvalue weighted by molar-refractivity contribution is 6.03. The molecule has 3 atom stereocenters. The molecule has 1 amide bonds. The van der Waals surface area contributed by atoms with Gasteiger partial charge in [-0.25, -0.2) is 13.8 Å². The van der Waals surface area contributed by atoms with E-state index in [1.165, 1.54) is 24.3 Å². The molecule has 1 aromatic carbocycles. The summed E-state index contributed by atoms with van der Waals surface area (Å²) in [5.74, 6) is -1.51. The van der Waals surface area contributed by atoms with E-state index >= 15 is 0 Å². The normalized spacial score (nSPS) is 20.5. The predicted octanol–water partition coefficient (Wildman–Crippen LogP) is 5.50. The predicted molar refractivity (Wildman–Crippen MR) is 123 cm³/mol. The summed E-state index contributed by atoms with van der Waals surface area (Å²) >= 11 is 0. The number of rotatable bonds is 5. The number of aryl methyl sites for hydroxylation is 1. The molecule has 0 radical (unpaired) electrons. The van der Waals surface area contributed by atoms with Crippen LogP contribution in [0.2, 0.25) is 0 Å². The molecule has 5 nitrogen and oxygen atoms in total. The quantitative estimate of drug-likeness (QED) is 0.537. The van der Waals surface area contributed by atoms with E-state index in [0.29, 0.717) is 24.1 Å². The average Bonchev–Trinajstić information content (AvgIpc) is 2.82. The van der Waals surface area contributed by atoms with Crippen molar-refractivity contribution in [1.29, 1.82) is 0 Å². The van der Waals surface area contributed by atoms with Gasteiger partial charge in [-0.3, -0.25) is 9.78 Å². The first-order valence-corrected chi connectivity index (χ1v) is 11.3. The molecule has 4 rings (SSSR count). The van der Waals surface area contributed by atoms with E-state index in [4.69, 9.17) is 0 Å². The van der Waals surface area contributed by atoms with Crippen LogP contribution in [0.25, 0.3) is 11.3 Å². The summed E-state index contributed by atoms with van der Waals surface area (Å²) in [6, 6.07) is 9.07. The lowest BCUT2D eigenvalue weighted by Gasteiger charge is -2.32. The maximum atomic E-state index is 14.8. The Bertz CT molecular complexity index is 1170. The number of nitrogens with one attached hydrogen (secondary N) is 1. The molecule has 2 heterocycles. The Labute approximate surface area is 191 Å². The topological polar surface area (TPSA) is 75.1 Å². The summed E-state index contributed by atoms with van der Waals surface area (Å²) in [5, 5.41) is 12.9. The van der Waals surface area contributed by atoms with Gasteiger partial charge >= 0.3 is 0 Å². The van der Waals surface area contributed by atoms with Crippen molar-refractivity contribution in [3.05, 3.63) is 77.2 Å². The van der Waals surface area contributed by atoms with Crippen LogP contribution in [0.5, 0.6) is 0 Å². The first-order chi connectivity index (χ1) is 15.9. The third-order valence-corrected chi connectivity index (χ3v) is 6.46. The smallest absolute Gasteiger partial charge is 0.274 e. The second-order valence-electron chi connectivity index (χ2n) is 8.63. The van der Waals surface area contributed by atoms with Gasteiger partial charge in [0.1, 0.15) is 17.3 Å². The number of aliphatic hydroxyl groups is 1. The van der Waals surface area contributed by atoms with Crippen molar-refractivity contribution >= 4 is 11.6 Å². The monoisotopic (exact) mass is 451 g/mol. The fourth-order valence-corrected chi connectivity index (χ4v) is 4.52. The Hall–Kier alpha value is -3.19. The molecule has 2 aromatic heterocycles. The van der Waals surface area contributed by atoms with Crippen LogP contribution >= 0.6 is 0 Å². The summed E-state index contributed by atoms with van der Waals surface area (Å²) in [6.45, 7) is 3.81. The number of aromatic nitrogens is 2. The van der Waals surface area contributed by atoms with Crippen LogP contribution in [0.4, 0.5) is 14.5 Å². The van der Waals surface area contributed by atoms with E-state index in [-0.39, 0.29) is 34.9 Å². The zero-order valence-corrected chi connectivity index (χ0v) is 18.7.